The SMILES string of the molecule is C(=Cc1nc(COc2ccc(CCCCn3ccnn3)cc2)co1)c1cccnc1. The van der Waals surface area contributed by atoms with Gasteiger partial charge < -0.3 is 9.15 Å². The minimum atomic E-state index is 0.363. The molecule has 1 aromatic carbocycles. The lowest BCUT2D eigenvalue weighted by atomic mass is 10.1. The van der Waals surface area contributed by atoms with Crippen LogP contribution in [0.5, 0.6) is 5.75 Å². The summed E-state index contributed by atoms with van der Waals surface area (Å²) in [5, 5.41) is 7.79. The van der Waals surface area contributed by atoms with Gasteiger partial charge in [0.1, 0.15) is 24.3 Å². The van der Waals surface area contributed by atoms with Crippen LogP contribution in [0.15, 0.2) is 71.9 Å². The molecule has 30 heavy (non-hydrogen) atoms. The lowest BCUT2D eigenvalue weighted by molar-refractivity contribution is 0.301. The minimum absolute atomic E-state index is 0.363. The van der Waals surface area contributed by atoms with Gasteiger partial charge in [0, 0.05) is 31.2 Å². The molecule has 3 heterocycles. The molecule has 7 nitrogen and oxygen atoms in total. The number of aryl methyl sites for hydroxylation is 2. The fourth-order valence-corrected chi connectivity index (χ4v) is 2.97. The van der Waals surface area contributed by atoms with Crippen molar-refractivity contribution in [2.24, 2.45) is 0 Å². The summed E-state index contributed by atoms with van der Waals surface area (Å²) >= 11 is 0. The van der Waals surface area contributed by atoms with E-state index in [1.165, 1.54) is 5.56 Å². The summed E-state index contributed by atoms with van der Waals surface area (Å²) in [7, 11) is 0. The highest BCUT2D eigenvalue weighted by molar-refractivity contribution is 5.65. The number of unbranched alkanes of at least 4 members (excludes halogenated alkanes) is 1. The Labute approximate surface area is 175 Å². The zero-order valence-electron chi connectivity index (χ0n) is 16.6. The summed E-state index contributed by atoms with van der Waals surface area (Å²) in [4.78, 5) is 8.49. The second-order valence-corrected chi connectivity index (χ2v) is 6.85. The van der Waals surface area contributed by atoms with Crippen LogP contribution in [-0.2, 0) is 19.6 Å². The topological polar surface area (TPSA) is 78.9 Å². The Kier molecular flexibility index (Phi) is 6.63. The van der Waals surface area contributed by atoms with Gasteiger partial charge in [0.05, 0.1) is 6.20 Å². The number of oxazole rings is 1. The molecule has 0 fully saturated rings. The molecule has 7 heteroatoms. The van der Waals surface area contributed by atoms with Crippen LogP contribution in [0.4, 0.5) is 0 Å². The molecule has 152 valence electrons. The Balaban J connectivity index is 1.20. The lowest BCUT2D eigenvalue weighted by Gasteiger charge is -2.06. The number of benzene rings is 1. The van der Waals surface area contributed by atoms with Crippen molar-refractivity contribution in [2.75, 3.05) is 0 Å². The number of pyridine rings is 1. The van der Waals surface area contributed by atoms with E-state index in [9.17, 15) is 0 Å². The molecule has 0 spiro atoms. The molecule has 0 atom stereocenters. The fraction of sp³-hybridized carbons (Fsp3) is 0.217. The Hall–Kier alpha value is -3.74. The Morgan fingerprint density at radius 3 is 2.77 bits per heavy atom. The van der Waals surface area contributed by atoms with Gasteiger partial charge in [-0.05, 0) is 54.7 Å². The zero-order chi connectivity index (χ0) is 20.4. The van der Waals surface area contributed by atoms with E-state index in [0.717, 1.165) is 42.8 Å². The van der Waals surface area contributed by atoms with Crippen LogP contribution in [0.1, 0.15) is 35.6 Å². The van der Waals surface area contributed by atoms with Crippen molar-refractivity contribution < 1.29 is 9.15 Å². The first-order chi connectivity index (χ1) is 14.8. The number of ether oxygens (including phenoxy) is 1. The van der Waals surface area contributed by atoms with E-state index in [1.807, 2.05) is 47.3 Å². The monoisotopic (exact) mass is 401 g/mol. The third-order valence-corrected chi connectivity index (χ3v) is 4.56. The molecule has 0 bridgehead atoms. The van der Waals surface area contributed by atoms with Gasteiger partial charge in [0.25, 0.3) is 0 Å². The van der Waals surface area contributed by atoms with E-state index in [2.05, 4.69) is 32.4 Å². The number of rotatable bonds is 10. The molecule has 0 radical (unpaired) electrons. The second-order valence-electron chi connectivity index (χ2n) is 6.85. The second kappa shape index (κ2) is 10.2. The maximum Gasteiger partial charge on any atom is 0.218 e. The van der Waals surface area contributed by atoms with Gasteiger partial charge in [-0.3, -0.25) is 9.67 Å². The lowest BCUT2D eigenvalue weighted by Crippen LogP contribution is -1.99. The maximum absolute atomic E-state index is 5.82. The molecule has 0 unspecified atom stereocenters. The molecular formula is C23H23N5O2. The molecule has 0 amide bonds. The van der Waals surface area contributed by atoms with Crippen LogP contribution in [0, 0.1) is 0 Å². The first-order valence-electron chi connectivity index (χ1n) is 9.93. The molecule has 3 aromatic heterocycles. The summed E-state index contributed by atoms with van der Waals surface area (Å²) in [6.07, 6.45) is 15.7. The predicted octanol–water partition coefficient (Wildman–Crippen LogP) is 4.43. The number of hydrogen-bond acceptors (Lipinski definition) is 6. The zero-order valence-corrected chi connectivity index (χ0v) is 16.6. The highest BCUT2D eigenvalue weighted by atomic mass is 16.5. The first-order valence-corrected chi connectivity index (χ1v) is 9.93. The predicted molar refractivity (Wildman–Crippen MR) is 113 cm³/mol. The van der Waals surface area contributed by atoms with Crippen molar-refractivity contribution in [3.63, 3.8) is 0 Å². The van der Waals surface area contributed by atoms with Crippen LogP contribution in [0.25, 0.3) is 12.2 Å². The normalized spacial score (nSPS) is 11.2. The molecule has 0 aliphatic heterocycles. The van der Waals surface area contributed by atoms with Crippen LogP contribution in [-0.4, -0.2) is 25.0 Å². The smallest absolute Gasteiger partial charge is 0.218 e. The van der Waals surface area contributed by atoms with Gasteiger partial charge in [0.15, 0.2) is 0 Å². The highest BCUT2D eigenvalue weighted by Crippen LogP contribution is 2.16. The van der Waals surface area contributed by atoms with Gasteiger partial charge in [-0.1, -0.05) is 23.4 Å². The Morgan fingerprint density at radius 2 is 1.97 bits per heavy atom. The van der Waals surface area contributed by atoms with Crippen molar-refractivity contribution in [3.05, 3.63) is 90.2 Å². The van der Waals surface area contributed by atoms with Gasteiger partial charge in [0.2, 0.25) is 5.89 Å². The van der Waals surface area contributed by atoms with E-state index < -0.39 is 0 Å². The van der Waals surface area contributed by atoms with Gasteiger partial charge in [-0.15, -0.1) is 5.10 Å². The van der Waals surface area contributed by atoms with E-state index in [0.29, 0.717) is 12.5 Å². The average molecular weight is 401 g/mol. The third kappa shape index (κ3) is 5.88. The van der Waals surface area contributed by atoms with Crippen molar-refractivity contribution in [1.29, 1.82) is 0 Å². The van der Waals surface area contributed by atoms with Crippen LogP contribution >= 0.6 is 0 Å². The van der Waals surface area contributed by atoms with E-state index in [1.54, 1.807) is 24.9 Å². The van der Waals surface area contributed by atoms with Crippen molar-refractivity contribution in [3.8, 4) is 5.75 Å². The summed E-state index contributed by atoms with van der Waals surface area (Å²) in [5.41, 5.74) is 3.04. The Morgan fingerprint density at radius 1 is 1.03 bits per heavy atom. The van der Waals surface area contributed by atoms with Gasteiger partial charge in [-0.2, -0.15) is 0 Å². The van der Waals surface area contributed by atoms with Crippen molar-refractivity contribution >= 4 is 12.2 Å². The van der Waals surface area contributed by atoms with E-state index in [-0.39, 0.29) is 0 Å². The number of nitrogens with zero attached hydrogens (tertiary/aromatic N) is 5. The third-order valence-electron chi connectivity index (χ3n) is 4.56. The summed E-state index contributed by atoms with van der Waals surface area (Å²) in [6.45, 7) is 1.26. The molecule has 0 aliphatic carbocycles. The van der Waals surface area contributed by atoms with E-state index >= 15 is 0 Å². The van der Waals surface area contributed by atoms with Crippen LogP contribution in [0.3, 0.4) is 0 Å². The van der Waals surface area contributed by atoms with Gasteiger partial charge >= 0.3 is 0 Å². The fourth-order valence-electron chi connectivity index (χ4n) is 2.97. The molecule has 0 aliphatic rings. The number of aromatic nitrogens is 5. The van der Waals surface area contributed by atoms with Gasteiger partial charge in [-0.25, -0.2) is 4.98 Å². The van der Waals surface area contributed by atoms with Crippen molar-refractivity contribution in [1.82, 2.24) is 25.0 Å². The number of hydrogen-bond donors (Lipinski definition) is 0. The molecule has 0 saturated heterocycles. The first kappa shape index (κ1) is 19.6. The maximum atomic E-state index is 5.82. The molecular weight excluding hydrogens is 378 g/mol. The van der Waals surface area contributed by atoms with Crippen LogP contribution < -0.4 is 4.74 Å². The molecule has 0 N–H and O–H groups in total. The van der Waals surface area contributed by atoms with E-state index in [4.69, 9.17) is 9.15 Å². The summed E-state index contributed by atoms with van der Waals surface area (Å²) in [5.74, 6) is 1.36. The summed E-state index contributed by atoms with van der Waals surface area (Å²) < 4.78 is 13.2. The largest absolute Gasteiger partial charge is 0.487 e. The summed E-state index contributed by atoms with van der Waals surface area (Å²) in [6, 6.07) is 12.1. The van der Waals surface area contributed by atoms with Crippen LogP contribution in [0.2, 0.25) is 0 Å². The molecule has 0 saturated carbocycles. The van der Waals surface area contributed by atoms with Crippen molar-refractivity contribution in [2.45, 2.75) is 32.4 Å². The quantitative estimate of drug-likeness (QED) is 0.366. The molecule has 4 aromatic rings. The average Bonchev–Trinajstić information content (AvgIpc) is 3.47. The standard InChI is InChI=1S/C23H23N5O2/c1(2-14-28-15-13-25-27-28)4-19-6-9-22(10-7-19)29-17-21-18-30-23(26-21)11-8-20-5-3-12-24-16-20/h3,5-13,15-16,18H,1-2,4,14,17H2. The molecule has 4 rings (SSSR count). The Bertz CT molecular complexity index is 1040. The minimum Gasteiger partial charge on any atom is -0.487 e. The highest BCUT2D eigenvalue weighted by Gasteiger charge is 2.03.